The van der Waals surface area contributed by atoms with Gasteiger partial charge in [0.2, 0.25) is 5.91 Å². The first kappa shape index (κ1) is 16.1. The van der Waals surface area contributed by atoms with Crippen molar-refractivity contribution in [1.29, 1.82) is 0 Å². The molecule has 25 heavy (non-hydrogen) atoms. The summed E-state index contributed by atoms with van der Waals surface area (Å²) in [6, 6.07) is 5.47. The molecule has 0 aromatic heterocycles. The van der Waals surface area contributed by atoms with Crippen molar-refractivity contribution in [1.82, 2.24) is 15.5 Å². The lowest BCUT2D eigenvalue weighted by Crippen LogP contribution is -2.61. The van der Waals surface area contributed by atoms with E-state index in [4.69, 9.17) is 4.74 Å². The summed E-state index contributed by atoms with van der Waals surface area (Å²) >= 11 is 0. The molecule has 0 spiro atoms. The molecule has 0 saturated carbocycles. The fourth-order valence-corrected chi connectivity index (χ4v) is 3.74. The maximum absolute atomic E-state index is 12.8. The van der Waals surface area contributed by atoms with E-state index in [0.29, 0.717) is 18.5 Å². The van der Waals surface area contributed by atoms with Gasteiger partial charge in [-0.1, -0.05) is 0 Å². The van der Waals surface area contributed by atoms with Crippen molar-refractivity contribution in [2.24, 2.45) is 0 Å². The van der Waals surface area contributed by atoms with Crippen LogP contribution in [0, 0.1) is 0 Å². The first-order valence-corrected chi connectivity index (χ1v) is 8.64. The average Bonchev–Trinajstić information content (AvgIpc) is 3.20. The molecular weight excluding hydrogens is 322 g/mol. The molecule has 2 N–H and O–H groups in total. The zero-order valence-corrected chi connectivity index (χ0v) is 14.1. The third kappa shape index (κ3) is 2.68. The Bertz CT molecular complexity index is 757. The molecule has 3 heterocycles. The molecule has 0 bridgehead atoms. The van der Waals surface area contributed by atoms with Gasteiger partial charge in [-0.3, -0.25) is 19.7 Å². The van der Waals surface area contributed by atoms with Gasteiger partial charge in [-0.15, -0.1) is 0 Å². The number of fused-ring (bicyclic) bond motifs is 1. The number of imide groups is 1. The Balaban J connectivity index is 1.56. The van der Waals surface area contributed by atoms with E-state index in [2.05, 4.69) is 10.6 Å². The van der Waals surface area contributed by atoms with Crippen LogP contribution in [0.3, 0.4) is 0 Å². The van der Waals surface area contributed by atoms with Crippen molar-refractivity contribution in [3.05, 3.63) is 29.3 Å². The molecule has 2 atom stereocenters. The number of carbonyl (C=O) groups excluding carboxylic acids is 3. The summed E-state index contributed by atoms with van der Waals surface area (Å²) in [5.74, 6) is -0.113. The normalized spacial score (nSPS) is 28.9. The SMILES string of the molecule is CC1(N2Cc3cc(O[C@H]4CCNC4)ccc3C2=O)CCC(=O)NC1=O. The minimum absolute atomic E-state index is 0.152. The molecule has 7 heteroatoms. The summed E-state index contributed by atoms with van der Waals surface area (Å²) < 4.78 is 5.96. The highest BCUT2D eigenvalue weighted by Gasteiger charge is 2.48. The molecule has 0 radical (unpaired) electrons. The van der Waals surface area contributed by atoms with Crippen molar-refractivity contribution in [3.63, 3.8) is 0 Å². The summed E-state index contributed by atoms with van der Waals surface area (Å²) in [5.41, 5.74) is 0.461. The maximum Gasteiger partial charge on any atom is 0.255 e. The zero-order valence-electron chi connectivity index (χ0n) is 14.1. The molecular formula is C18H21N3O4. The average molecular weight is 343 g/mol. The van der Waals surface area contributed by atoms with Crippen molar-refractivity contribution < 1.29 is 19.1 Å². The Morgan fingerprint density at radius 2 is 2.12 bits per heavy atom. The van der Waals surface area contributed by atoms with Crippen LogP contribution in [-0.2, 0) is 16.1 Å². The van der Waals surface area contributed by atoms with E-state index in [0.717, 1.165) is 30.8 Å². The van der Waals surface area contributed by atoms with Crippen LogP contribution in [0.1, 0.15) is 42.1 Å². The van der Waals surface area contributed by atoms with Crippen molar-refractivity contribution in [2.45, 2.75) is 44.4 Å². The number of amides is 3. The van der Waals surface area contributed by atoms with E-state index in [-0.39, 0.29) is 24.3 Å². The van der Waals surface area contributed by atoms with Gasteiger partial charge in [0, 0.05) is 25.1 Å². The molecule has 3 aliphatic heterocycles. The van der Waals surface area contributed by atoms with Crippen LogP contribution in [0.5, 0.6) is 5.75 Å². The quantitative estimate of drug-likeness (QED) is 0.784. The lowest BCUT2D eigenvalue weighted by Gasteiger charge is -2.39. The standard InChI is InChI=1S/C18H21N3O4/c1-18(6-4-15(22)20-17(18)24)21-10-11-8-12(2-3-14(11)16(21)23)25-13-5-7-19-9-13/h2-3,8,13,19H,4-7,9-10H2,1H3,(H,20,22,24)/t13-,18?/m0/s1. The van der Waals surface area contributed by atoms with Crippen LogP contribution in [0.2, 0.25) is 0 Å². The second kappa shape index (κ2) is 5.84. The highest BCUT2D eigenvalue weighted by molar-refractivity contribution is 6.07. The largest absolute Gasteiger partial charge is 0.489 e. The predicted octanol–water partition coefficient (Wildman–Crippen LogP) is 0.578. The number of nitrogens with one attached hydrogen (secondary N) is 2. The Labute approximate surface area is 145 Å². The molecule has 2 fully saturated rings. The maximum atomic E-state index is 12.8. The molecule has 132 valence electrons. The molecule has 2 saturated heterocycles. The predicted molar refractivity (Wildman–Crippen MR) is 89.0 cm³/mol. The first-order valence-electron chi connectivity index (χ1n) is 8.64. The van der Waals surface area contributed by atoms with Gasteiger partial charge in [0.05, 0.1) is 0 Å². The fourth-order valence-electron chi connectivity index (χ4n) is 3.74. The van der Waals surface area contributed by atoms with Gasteiger partial charge in [-0.2, -0.15) is 0 Å². The van der Waals surface area contributed by atoms with Crippen molar-refractivity contribution >= 4 is 17.7 Å². The minimum atomic E-state index is -1.000. The number of hydrogen-bond donors (Lipinski definition) is 2. The number of piperidine rings is 1. The molecule has 1 aromatic rings. The van der Waals surface area contributed by atoms with Gasteiger partial charge in [0.1, 0.15) is 17.4 Å². The molecule has 1 unspecified atom stereocenters. The summed E-state index contributed by atoms with van der Waals surface area (Å²) in [7, 11) is 0. The molecule has 4 rings (SSSR count). The van der Waals surface area contributed by atoms with E-state index in [1.54, 1.807) is 17.9 Å². The number of ether oxygens (including phenoxy) is 1. The third-order valence-corrected chi connectivity index (χ3v) is 5.38. The van der Waals surface area contributed by atoms with E-state index >= 15 is 0 Å². The van der Waals surface area contributed by atoms with E-state index in [9.17, 15) is 14.4 Å². The van der Waals surface area contributed by atoms with E-state index in [1.807, 2.05) is 12.1 Å². The van der Waals surface area contributed by atoms with Crippen LogP contribution in [0.4, 0.5) is 0 Å². The zero-order chi connectivity index (χ0) is 17.6. The number of carbonyl (C=O) groups is 3. The van der Waals surface area contributed by atoms with E-state index < -0.39 is 11.4 Å². The van der Waals surface area contributed by atoms with Crippen LogP contribution in [-0.4, -0.2) is 47.4 Å². The Hall–Kier alpha value is -2.41. The van der Waals surface area contributed by atoms with Gasteiger partial charge >= 0.3 is 0 Å². The Morgan fingerprint density at radius 3 is 2.84 bits per heavy atom. The number of benzene rings is 1. The lowest BCUT2D eigenvalue weighted by molar-refractivity contribution is -0.142. The van der Waals surface area contributed by atoms with E-state index in [1.165, 1.54) is 0 Å². The van der Waals surface area contributed by atoms with Crippen LogP contribution < -0.4 is 15.4 Å². The molecule has 1 aromatic carbocycles. The Kier molecular flexibility index (Phi) is 3.76. The number of nitrogens with zero attached hydrogens (tertiary/aromatic N) is 1. The first-order chi connectivity index (χ1) is 12.0. The van der Waals surface area contributed by atoms with Crippen LogP contribution in [0.25, 0.3) is 0 Å². The smallest absolute Gasteiger partial charge is 0.255 e. The van der Waals surface area contributed by atoms with Crippen molar-refractivity contribution in [2.75, 3.05) is 13.1 Å². The summed E-state index contributed by atoms with van der Waals surface area (Å²) in [6.07, 6.45) is 1.70. The number of hydrogen-bond acceptors (Lipinski definition) is 5. The Morgan fingerprint density at radius 1 is 1.28 bits per heavy atom. The lowest BCUT2D eigenvalue weighted by atomic mass is 9.89. The van der Waals surface area contributed by atoms with Gasteiger partial charge < -0.3 is 15.0 Å². The van der Waals surface area contributed by atoms with Crippen LogP contribution >= 0.6 is 0 Å². The highest BCUT2D eigenvalue weighted by atomic mass is 16.5. The number of rotatable bonds is 3. The molecule has 7 nitrogen and oxygen atoms in total. The fraction of sp³-hybridized carbons (Fsp3) is 0.500. The highest BCUT2D eigenvalue weighted by Crippen LogP contribution is 2.35. The van der Waals surface area contributed by atoms with Crippen molar-refractivity contribution in [3.8, 4) is 5.75 Å². The third-order valence-electron chi connectivity index (χ3n) is 5.38. The molecule has 3 aliphatic rings. The molecule has 0 aliphatic carbocycles. The molecule has 3 amide bonds. The summed E-state index contributed by atoms with van der Waals surface area (Å²) in [6.45, 7) is 3.86. The van der Waals surface area contributed by atoms with Gasteiger partial charge in [0.15, 0.2) is 0 Å². The topological polar surface area (TPSA) is 87.7 Å². The van der Waals surface area contributed by atoms with Gasteiger partial charge in [-0.25, -0.2) is 0 Å². The second-order valence-electron chi connectivity index (χ2n) is 7.09. The van der Waals surface area contributed by atoms with Gasteiger partial charge in [0.25, 0.3) is 11.8 Å². The summed E-state index contributed by atoms with van der Waals surface area (Å²) in [4.78, 5) is 38.1. The summed E-state index contributed by atoms with van der Waals surface area (Å²) in [5, 5.41) is 5.61. The van der Waals surface area contributed by atoms with Gasteiger partial charge in [-0.05, 0) is 50.1 Å². The van der Waals surface area contributed by atoms with Crippen LogP contribution in [0.15, 0.2) is 18.2 Å². The second-order valence-corrected chi connectivity index (χ2v) is 7.09. The minimum Gasteiger partial charge on any atom is -0.489 e. The monoisotopic (exact) mass is 343 g/mol.